The first-order valence-electron chi connectivity index (χ1n) is 13.8. The Morgan fingerprint density at radius 2 is 1.45 bits per heavy atom. The maximum Gasteiger partial charge on any atom is 0.323 e. The fourth-order valence-corrected chi connectivity index (χ4v) is 6.37. The van der Waals surface area contributed by atoms with Gasteiger partial charge in [0.2, 0.25) is 23.7 Å². The van der Waals surface area contributed by atoms with E-state index in [4.69, 9.17) is 0 Å². The van der Waals surface area contributed by atoms with Crippen LogP contribution >= 0.6 is 0 Å². The van der Waals surface area contributed by atoms with Gasteiger partial charge in [0, 0.05) is 52.2 Å². The van der Waals surface area contributed by atoms with Crippen LogP contribution in [0.1, 0.15) is 51.2 Å². The fourth-order valence-electron chi connectivity index (χ4n) is 6.37. The van der Waals surface area contributed by atoms with Gasteiger partial charge in [-0.2, -0.15) is 0 Å². The van der Waals surface area contributed by atoms with Crippen molar-refractivity contribution in [1.29, 1.82) is 0 Å². The molecule has 1 saturated carbocycles. The van der Waals surface area contributed by atoms with Crippen molar-refractivity contribution in [2.24, 2.45) is 16.2 Å². The number of piperidine rings is 1. The second-order valence-corrected chi connectivity index (χ2v) is 12.2. The molecule has 1 aliphatic carbocycles. The lowest BCUT2D eigenvalue weighted by Gasteiger charge is -2.53. The Morgan fingerprint density at radius 3 is 2.10 bits per heavy atom. The number of nitrogens with zero attached hydrogens (tertiary/aromatic N) is 2. The van der Waals surface area contributed by atoms with E-state index >= 15 is 0 Å². The number of imide groups is 1. The Hall–Kier alpha value is -4.80. The number of urea groups is 1. The Bertz CT molecular complexity index is 1510. The van der Waals surface area contributed by atoms with Crippen LogP contribution in [0.5, 0.6) is 0 Å². The third-order valence-electron chi connectivity index (χ3n) is 8.19. The smallest absolute Gasteiger partial charge is 0.323 e. The van der Waals surface area contributed by atoms with Crippen molar-refractivity contribution in [2.45, 2.75) is 53.5 Å². The summed E-state index contributed by atoms with van der Waals surface area (Å²) < 4.78 is 0. The summed E-state index contributed by atoms with van der Waals surface area (Å²) in [5, 5.41) is 14.3. The zero-order valence-corrected chi connectivity index (χ0v) is 24.1. The standard InChI is InChI=1S/C31H35N7O4/c1-19-6-9-22(14-23(19)37-27-32-12-5-13-33-27)36-28(42)35-21-10-7-20(8-11-21)15-34-24(39)29(2)16-30(3)18-31(4,17-29)26(41)38-25(30)40/h5-14H,15-18H2,1-4H3,(H,34,39)(H,32,33,37)(H2,35,36,42)(H,38,40,41). The van der Waals surface area contributed by atoms with Crippen molar-refractivity contribution in [1.82, 2.24) is 20.6 Å². The first-order valence-corrected chi connectivity index (χ1v) is 13.8. The molecular weight excluding hydrogens is 534 g/mol. The van der Waals surface area contributed by atoms with Crippen molar-refractivity contribution >= 4 is 46.8 Å². The monoisotopic (exact) mass is 569 g/mol. The van der Waals surface area contributed by atoms with E-state index in [0.29, 0.717) is 36.6 Å². The normalized spacial score (nSPS) is 24.8. The molecule has 1 aliphatic heterocycles. The summed E-state index contributed by atoms with van der Waals surface area (Å²) in [5.74, 6) is -0.344. The molecule has 0 spiro atoms. The van der Waals surface area contributed by atoms with Crippen LogP contribution in [-0.2, 0) is 20.9 Å². The summed E-state index contributed by atoms with van der Waals surface area (Å²) in [5.41, 5.74) is 1.38. The van der Waals surface area contributed by atoms with Gasteiger partial charge in [0.15, 0.2) is 0 Å². The lowest BCUT2D eigenvalue weighted by atomic mass is 9.52. The molecule has 5 amide bonds. The lowest BCUT2D eigenvalue weighted by molar-refractivity contribution is -0.164. The largest absolute Gasteiger partial charge is 0.352 e. The Labute approximate surface area is 244 Å². The fraction of sp³-hybridized carbons (Fsp3) is 0.355. The van der Waals surface area contributed by atoms with Gasteiger partial charge in [-0.1, -0.05) is 39.0 Å². The molecule has 5 N–H and O–H groups in total. The minimum Gasteiger partial charge on any atom is -0.352 e. The van der Waals surface area contributed by atoms with E-state index in [1.54, 1.807) is 42.7 Å². The van der Waals surface area contributed by atoms with Crippen molar-refractivity contribution in [3.63, 3.8) is 0 Å². The van der Waals surface area contributed by atoms with Gasteiger partial charge in [-0.25, -0.2) is 14.8 Å². The van der Waals surface area contributed by atoms with Crippen LogP contribution in [0.25, 0.3) is 0 Å². The van der Waals surface area contributed by atoms with Gasteiger partial charge < -0.3 is 21.3 Å². The molecule has 11 heteroatoms. The van der Waals surface area contributed by atoms with Crippen LogP contribution in [-0.4, -0.2) is 33.7 Å². The van der Waals surface area contributed by atoms with Gasteiger partial charge in [-0.15, -0.1) is 0 Å². The van der Waals surface area contributed by atoms with E-state index < -0.39 is 22.3 Å². The molecule has 2 unspecified atom stereocenters. The number of aromatic nitrogens is 2. The van der Waals surface area contributed by atoms with E-state index in [0.717, 1.165) is 16.8 Å². The first-order chi connectivity index (χ1) is 19.9. The summed E-state index contributed by atoms with van der Waals surface area (Å²) >= 11 is 0. The number of hydrogen-bond acceptors (Lipinski definition) is 7. The van der Waals surface area contributed by atoms with Gasteiger partial charge in [-0.3, -0.25) is 19.7 Å². The predicted octanol–water partition coefficient (Wildman–Crippen LogP) is 4.65. The summed E-state index contributed by atoms with van der Waals surface area (Å²) in [6, 6.07) is 14.0. The number of carbonyl (C=O) groups is 4. The highest BCUT2D eigenvalue weighted by atomic mass is 16.2. The zero-order chi connectivity index (χ0) is 30.1. The summed E-state index contributed by atoms with van der Waals surface area (Å²) in [7, 11) is 0. The molecule has 0 radical (unpaired) electrons. The second kappa shape index (κ2) is 10.9. The Balaban J connectivity index is 1.16. The minimum atomic E-state index is -0.853. The molecule has 2 aromatic carbocycles. The Morgan fingerprint density at radius 1 is 0.857 bits per heavy atom. The van der Waals surface area contributed by atoms with Gasteiger partial charge in [0.25, 0.3) is 0 Å². The molecule has 3 aromatic rings. The lowest BCUT2D eigenvalue weighted by Crippen LogP contribution is -2.63. The number of rotatable bonds is 7. The minimum absolute atomic E-state index is 0.186. The number of amides is 5. The Kier molecular flexibility index (Phi) is 7.44. The zero-order valence-electron chi connectivity index (χ0n) is 24.1. The van der Waals surface area contributed by atoms with E-state index in [9.17, 15) is 19.2 Å². The SMILES string of the molecule is Cc1ccc(NC(=O)Nc2ccc(CNC(=O)C3(C)CC4(C)CC(C)(C3)C(=O)NC4=O)cc2)cc1Nc1ncccn1. The van der Waals surface area contributed by atoms with E-state index in [1.807, 2.05) is 45.9 Å². The predicted molar refractivity (Wildman–Crippen MR) is 159 cm³/mol. The number of hydrogen-bond donors (Lipinski definition) is 5. The third kappa shape index (κ3) is 5.95. The number of anilines is 4. The number of aryl methyl sites for hydroxylation is 1. The first kappa shape index (κ1) is 28.7. The number of nitrogens with one attached hydrogen (secondary N) is 5. The molecule has 2 heterocycles. The molecule has 11 nitrogen and oxygen atoms in total. The van der Waals surface area contributed by atoms with Gasteiger partial charge in [0.1, 0.15) is 0 Å². The molecule has 2 bridgehead atoms. The van der Waals surface area contributed by atoms with Gasteiger partial charge >= 0.3 is 6.03 Å². The average molecular weight is 570 g/mol. The van der Waals surface area contributed by atoms with Crippen LogP contribution < -0.4 is 26.6 Å². The van der Waals surface area contributed by atoms with Crippen molar-refractivity contribution < 1.29 is 19.2 Å². The van der Waals surface area contributed by atoms with E-state index in [2.05, 4.69) is 36.6 Å². The number of fused-ring (bicyclic) bond motifs is 2. The molecular formula is C31H35N7O4. The highest BCUT2D eigenvalue weighted by Crippen LogP contribution is 2.56. The summed E-state index contributed by atoms with van der Waals surface area (Å²) in [6.07, 6.45) is 4.48. The van der Waals surface area contributed by atoms with Gasteiger partial charge in [-0.05, 0) is 67.6 Å². The molecule has 42 heavy (non-hydrogen) atoms. The van der Waals surface area contributed by atoms with Crippen LogP contribution in [0.15, 0.2) is 60.9 Å². The highest BCUT2D eigenvalue weighted by molar-refractivity contribution is 6.04. The number of benzene rings is 2. The van der Waals surface area contributed by atoms with Crippen LogP contribution in [0.3, 0.4) is 0 Å². The molecule has 218 valence electrons. The number of carbonyl (C=O) groups excluding carboxylic acids is 4. The molecule has 2 aliphatic rings. The van der Waals surface area contributed by atoms with Crippen molar-refractivity contribution in [3.8, 4) is 0 Å². The maximum absolute atomic E-state index is 13.3. The molecule has 1 saturated heterocycles. The van der Waals surface area contributed by atoms with Crippen LogP contribution in [0.4, 0.5) is 27.8 Å². The molecule has 2 atom stereocenters. The molecule has 1 aromatic heterocycles. The van der Waals surface area contributed by atoms with Crippen LogP contribution in [0, 0.1) is 23.2 Å². The average Bonchev–Trinajstić information content (AvgIpc) is 2.93. The van der Waals surface area contributed by atoms with Crippen LogP contribution in [0.2, 0.25) is 0 Å². The highest BCUT2D eigenvalue weighted by Gasteiger charge is 2.60. The maximum atomic E-state index is 13.3. The summed E-state index contributed by atoms with van der Waals surface area (Å²) in [6.45, 7) is 7.71. The topological polar surface area (TPSA) is 154 Å². The third-order valence-corrected chi connectivity index (χ3v) is 8.19. The van der Waals surface area contributed by atoms with E-state index in [1.165, 1.54) is 0 Å². The van der Waals surface area contributed by atoms with Crippen molar-refractivity contribution in [2.75, 3.05) is 16.0 Å². The molecule has 2 fully saturated rings. The van der Waals surface area contributed by atoms with E-state index in [-0.39, 0.29) is 24.3 Å². The summed E-state index contributed by atoms with van der Waals surface area (Å²) in [4.78, 5) is 59.5. The molecule has 5 rings (SSSR count). The quantitative estimate of drug-likeness (QED) is 0.260. The van der Waals surface area contributed by atoms with Gasteiger partial charge in [0.05, 0.1) is 0 Å². The van der Waals surface area contributed by atoms with Crippen molar-refractivity contribution in [3.05, 3.63) is 72.1 Å². The second-order valence-electron chi connectivity index (χ2n) is 12.2.